The molecule has 0 heterocycles. The van der Waals surface area contributed by atoms with Gasteiger partial charge in [0.15, 0.2) is 0 Å². The fourth-order valence-corrected chi connectivity index (χ4v) is 4.61. The van der Waals surface area contributed by atoms with Crippen molar-refractivity contribution in [1.29, 1.82) is 0 Å². The van der Waals surface area contributed by atoms with E-state index in [0.717, 1.165) is 25.1 Å². The van der Waals surface area contributed by atoms with Crippen LogP contribution in [-0.2, 0) is 14.3 Å². The fraction of sp³-hybridized carbons (Fsp3) is 0.652. The second-order valence-electron chi connectivity index (χ2n) is 8.42. The minimum absolute atomic E-state index is 0.0120. The second-order valence-corrected chi connectivity index (χ2v) is 8.42. The molecule has 0 unspecified atom stereocenters. The lowest BCUT2D eigenvalue weighted by Crippen LogP contribution is -2.45. The SMILES string of the molecule is COCC(=O)N[C@@H]1C[C@H](COc2ccccc2)C[C@H]1C(=O)NCC1CCCCC1. The summed E-state index contributed by atoms with van der Waals surface area (Å²) in [6.45, 7) is 1.31. The maximum absolute atomic E-state index is 12.9. The minimum Gasteiger partial charge on any atom is -0.493 e. The third-order valence-corrected chi connectivity index (χ3v) is 6.14. The van der Waals surface area contributed by atoms with Gasteiger partial charge in [-0.15, -0.1) is 0 Å². The summed E-state index contributed by atoms with van der Waals surface area (Å²) in [7, 11) is 1.50. The average Bonchev–Trinajstić information content (AvgIpc) is 3.15. The molecule has 0 radical (unpaired) electrons. The van der Waals surface area contributed by atoms with E-state index >= 15 is 0 Å². The Labute approximate surface area is 173 Å². The summed E-state index contributed by atoms with van der Waals surface area (Å²) >= 11 is 0. The molecule has 3 rings (SSSR count). The first-order valence-corrected chi connectivity index (χ1v) is 10.9. The number of rotatable bonds is 9. The maximum Gasteiger partial charge on any atom is 0.246 e. The third kappa shape index (κ3) is 6.74. The Morgan fingerprint density at radius 2 is 1.79 bits per heavy atom. The van der Waals surface area contributed by atoms with Crippen LogP contribution in [0.15, 0.2) is 30.3 Å². The first kappa shape index (κ1) is 21.6. The van der Waals surface area contributed by atoms with Crippen LogP contribution in [0.4, 0.5) is 0 Å². The van der Waals surface area contributed by atoms with Gasteiger partial charge >= 0.3 is 0 Å². The number of amides is 2. The van der Waals surface area contributed by atoms with Crippen molar-refractivity contribution in [2.45, 2.75) is 51.0 Å². The Kier molecular flexibility index (Phi) is 8.35. The second kappa shape index (κ2) is 11.2. The van der Waals surface area contributed by atoms with E-state index in [0.29, 0.717) is 12.5 Å². The minimum atomic E-state index is -0.219. The number of carbonyl (C=O) groups excluding carboxylic acids is 2. The average molecular weight is 403 g/mol. The molecule has 1 aromatic carbocycles. The quantitative estimate of drug-likeness (QED) is 0.666. The van der Waals surface area contributed by atoms with E-state index in [2.05, 4.69) is 10.6 Å². The molecule has 3 atom stereocenters. The first-order valence-electron chi connectivity index (χ1n) is 10.9. The predicted molar refractivity (Wildman–Crippen MR) is 112 cm³/mol. The van der Waals surface area contributed by atoms with Gasteiger partial charge in [0.05, 0.1) is 12.5 Å². The Bertz CT molecular complexity index is 646. The van der Waals surface area contributed by atoms with Gasteiger partial charge in [0.25, 0.3) is 0 Å². The van der Waals surface area contributed by atoms with Gasteiger partial charge in [-0.3, -0.25) is 9.59 Å². The number of ether oxygens (including phenoxy) is 2. The van der Waals surface area contributed by atoms with E-state index in [-0.39, 0.29) is 36.3 Å². The van der Waals surface area contributed by atoms with Crippen molar-refractivity contribution in [3.05, 3.63) is 30.3 Å². The fourth-order valence-electron chi connectivity index (χ4n) is 4.61. The largest absolute Gasteiger partial charge is 0.493 e. The summed E-state index contributed by atoms with van der Waals surface area (Å²) in [6.07, 6.45) is 7.70. The summed E-state index contributed by atoms with van der Waals surface area (Å²) in [5.41, 5.74) is 0. The number of hydrogen-bond acceptors (Lipinski definition) is 4. The van der Waals surface area contributed by atoms with E-state index in [1.54, 1.807) is 0 Å². The zero-order valence-corrected chi connectivity index (χ0v) is 17.4. The zero-order chi connectivity index (χ0) is 20.5. The standard InChI is InChI=1S/C23H34N2O4/c1-28-16-22(26)25-21-13-18(15-29-19-10-6-3-7-11-19)12-20(21)23(27)24-14-17-8-4-2-5-9-17/h3,6-7,10-11,17-18,20-21H,2,4-5,8-9,12-16H2,1H3,(H,24,27)(H,25,26)/t18-,20-,21-/m1/s1. The molecule has 2 N–H and O–H groups in total. The monoisotopic (exact) mass is 402 g/mol. The van der Waals surface area contributed by atoms with Crippen molar-refractivity contribution in [2.24, 2.45) is 17.8 Å². The number of hydrogen-bond donors (Lipinski definition) is 2. The summed E-state index contributed by atoms with van der Waals surface area (Å²) in [6, 6.07) is 9.53. The summed E-state index contributed by atoms with van der Waals surface area (Å²) in [5.74, 6) is 1.32. The Hall–Kier alpha value is -2.08. The molecule has 6 heteroatoms. The highest BCUT2D eigenvalue weighted by Crippen LogP contribution is 2.32. The molecular weight excluding hydrogens is 368 g/mol. The van der Waals surface area contributed by atoms with Crippen LogP contribution in [0.5, 0.6) is 5.75 Å². The number of benzene rings is 1. The number of para-hydroxylation sites is 1. The molecule has 2 aliphatic carbocycles. The van der Waals surface area contributed by atoms with Gasteiger partial charge in [-0.25, -0.2) is 0 Å². The number of methoxy groups -OCH3 is 1. The van der Waals surface area contributed by atoms with Crippen LogP contribution < -0.4 is 15.4 Å². The van der Waals surface area contributed by atoms with Crippen LogP contribution in [0, 0.1) is 17.8 Å². The molecule has 6 nitrogen and oxygen atoms in total. The van der Waals surface area contributed by atoms with Crippen LogP contribution in [0.1, 0.15) is 44.9 Å². The van der Waals surface area contributed by atoms with Gasteiger partial charge in [-0.1, -0.05) is 37.5 Å². The highest BCUT2D eigenvalue weighted by atomic mass is 16.5. The number of carbonyl (C=O) groups is 2. The maximum atomic E-state index is 12.9. The lowest BCUT2D eigenvalue weighted by molar-refractivity contribution is -0.128. The van der Waals surface area contributed by atoms with Crippen LogP contribution in [-0.4, -0.2) is 44.7 Å². The van der Waals surface area contributed by atoms with Crippen molar-refractivity contribution in [1.82, 2.24) is 10.6 Å². The van der Waals surface area contributed by atoms with Gasteiger partial charge in [0.1, 0.15) is 12.4 Å². The summed E-state index contributed by atoms with van der Waals surface area (Å²) in [5, 5.41) is 6.16. The molecule has 1 aromatic rings. The Morgan fingerprint density at radius 3 is 2.52 bits per heavy atom. The molecule has 2 fully saturated rings. The molecule has 2 amide bonds. The van der Waals surface area contributed by atoms with Gasteiger partial charge in [0.2, 0.25) is 11.8 Å². The highest BCUT2D eigenvalue weighted by Gasteiger charge is 2.40. The molecule has 0 aliphatic heterocycles. The van der Waals surface area contributed by atoms with E-state index in [9.17, 15) is 9.59 Å². The van der Waals surface area contributed by atoms with E-state index < -0.39 is 0 Å². The molecule has 29 heavy (non-hydrogen) atoms. The first-order chi connectivity index (χ1) is 14.2. The van der Waals surface area contributed by atoms with Gasteiger partial charge in [0, 0.05) is 19.7 Å². The third-order valence-electron chi connectivity index (χ3n) is 6.14. The van der Waals surface area contributed by atoms with E-state index in [1.807, 2.05) is 30.3 Å². The Balaban J connectivity index is 1.54. The van der Waals surface area contributed by atoms with Crippen LogP contribution >= 0.6 is 0 Å². The van der Waals surface area contributed by atoms with Crippen molar-refractivity contribution in [2.75, 3.05) is 26.9 Å². The lowest BCUT2D eigenvalue weighted by Gasteiger charge is -2.24. The molecule has 2 aliphatic rings. The predicted octanol–water partition coefficient (Wildman–Crippen LogP) is 2.92. The topological polar surface area (TPSA) is 76.7 Å². The van der Waals surface area contributed by atoms with E-state index in [4.69, 9.17) is 9.47 Å². The lowest BCUT2D eigenvalue weighted by atomic mass is 9.89. The van der Waals surface area contributed by atoms with E-state index in [1.165, 1.54) is 39.2 Å². The molecule has 0 spiro atoms. The van der Waals surface area contributed by atoms with Gasteiger partial charge < -0.3 is 20.1 Å². The Morgan fingerprint density at radius 1 is 1.03 bits per heavy atom. The van der Waals surface area contributed by atoms with Crippen LogP contribution in [0.3, 0.4) is 0 Å². The smallest absolute Gasteiger partial charge is 0.246 e. The van der Waals surface area contributed by atoms with Crippen molar-refractivity contribution in [3.8, 4) is 5.75 Å². The van der Waals surface area contributed by atoms with Crippen LogP contribution in [0.2, 0.25) is 0 Å². The molecule has 160 valence electrons. The normalized spacial score (nSPS) is 24.8. The zero-order valence-electron chi connectivity index (χ0n) is 17.4. The van der Waals surface area contributed by atoms with Crippen molar-refractivity contribution >= 4 is 11.8 Å². The summed E-state index contributed by atoms with van der Waals surface area (Å²) in [4.78, 5) is 25.0. The molecular formula is C23H34N2O4. The van der Waals surface area contributed by atoms with Gasteiger partial charge in [-0.2, -0.15) is 0 Å². The molecule has 0 saturated heterocycles. The van der Waals surface area contributed by atoms with Crippen molar-refractivity contribution < 1.29 is 19.1 Å². The van der Waals surface area contributed by atoms with Gasteiger partial charge in [-0.05, 0) is 49.7 Å². The molecule has 0 bridgehead atoms. The molecule has 0 aromatic heterocycles. The highest BCUT2D eigenvalue weighted by molar-refractivity contribution is 5.82. The van der Waals surface area contributed by atoms with Crippen molar-refractivity contribution in [3.63, 3.8) is 0 Å². The number of nitrogens with one attached hydrogen (secondary N) is 2. The summed E-state index contributed by atoms with van der Waals surface area (Å²) < 4.78 is 10.8. The molecule has 2 saturated carbocycles. The van der Waals surface area contributed by atoms with Crippen LogP contribution in [0.25, 0.3) is 0 Å².